The third kappa shape index (κ3) is 6.47. The molecule has 0 unspecified atom stereocenters. The van der Waals surface area contributed by atoms with Gasteiger partial charge in [-0.1, -0.05) is 0 Å². The van der Waals surface area contributed by atoms with Gasteiger partial charge in [0, 0.05) is 0 Å². The van der Waals surface area contributed by atoms with Gasteiger partial charge in [-0.05, 0) is 0 Å². The molecule has 90 valence electrons. The van der Waals surface area contributed by atoms with Crippen molar-refractivity contribution in [1.29, 1.82) is 0 Å². The average molecular weight is 280 g/mol. The predicted molar refractivity (Wildman–Crippen MR) is 158 cm³/mol. The zero-order valence-electron chi connectivity index (χ0n) is 16.9. The van der Waals surface area contributed by atoms with Crippen LogP contribution in [0, 0.1) is 0 Å². The SMILES string of the molecule is BBB(B)B(B(B=S)B(B(B)B)B(B)B)B(B(B)B)B(B)B. The third-order valence-corrected chi connectivity index (χ3v) is 6.18. The van der Waals surface area contributed by atoms with Crippen molar-refractivity contribution in [2.45, 2.75) is 0 Å². The third-order valence-electron chi connectivity index (χ3n) is 5.87. The minimum absolute atomic E-state index is 0.555. The van der Waals surface area contributed by atoms with Gasteiger partial charge in [-0.25, -0.2) is 0 Å². The molecule has 0 saturated carbocycles. The van der Waals surface area contributed by atoms with E-state index in [1.807, 2.05) is 0 Å². The van der Waals surface area contributed by atoms with Gasteiger partial charge in [0.1, 0.15) is 0 Å². The van der Waals surface area contributed by atoms with Crippen LogP contribution in [0.1, 0.15) is 0 Å². The second kappa shape index (κ2) is 11.2. The van der Waals surface area contributed by atoms with Gasteiger partial charge in [0.15, 0.2) is 0 Å². The van der Waals surface area contributed by atoms with Crippen molar-refractivity contribution in [1.82, 2.24) is 0 Å². The van der Waals surface area contributed by atoms with Gasteiger partial charge in [-0.15, -0.1) is 0 Å². The molecule has 0 nitrogen and oxygen atoms in total. The van der Waals surface area contributed by atoms with Gasteiger partial charge in [0.2, 0.25) is 0 Å². The van der Waals surface area contributed by atoms with Crippen molar-refractivity contribution in [3.05, 3.63) is 0 Å². The Morgan fingerprint density at radius 3 is 1.23 bits per heavy atom. The first-order valence-electron chi connectivity index (χ1n) is 9.55. The van der Waals surface area contributed by atoms with Crippen LogP contribution in [0.25, 0.3) is 0 Å². The molecule has 0 N–H and O–H groups in total. The van der Waals surface area contributed by atoms with Crippen LogP contribution in [-0.4, -0.2) is 148 Å². The summed E-state index contributed by atoms with van der Waals surface area (Å²) in [5, 5.41) is 0. The van der Waals surface area contributed by atoms with Crippen molar-refractivity contribution < 1.29 is 0 Å². The molecule has 0 rings (SSSR count). The maximum absolute atomic E-state index is 5.60. The van der Waals surface area contributed by atoms with E-state index < -0.39 is 0 Å². The fourth-order valence-electron chi connectivity index (χ4n) is 5.04. The molecule has 0 aliphatic heterocycles. The van der Waals surface area contributed by atoms with Crippen LogP contribution in [-0.2, 0) is 0 Å². The molecule has 0 atom stereocenters. The predicted octanol–water partition coefficient (Wildman–Crippen LogP) is -13.0. The van der Waals surface area contributed by atoms with Crippen LogP contribution < -0.4 is 0 Å². The first-order chi connectivity index (χ1) is 10.1. The molecule has 0 aromatic carbocycles. The minimum atomic E-state index is 0.555. The standard InChI is InChI=1S/B21H21S/c1-11-17(10)21(20(15(6)7)16(8)9)18(12-22)19(13(2)3)14(4)5/h11H,1-10H2. The van der Waals surface area contributed by atoms with Crippen molar-refractivity contribution in [3.63, 3.8) is 0 Å². The summed E-state index contributed by atoms with van der Waals surface area (Å²) in [6, 6.07) is 2.14. The molecule has 0 spiro atoms. The Balaban J connectivity index is 5.85. The summed E-state index contributed by atoms with van der Waals surface area (Å²) in [4.78, 5) is 0. The van der Waals surface area contributed by atoms with Crippen molar-refractivity contribution in [2.24, 2.45) is 0 Å². The Morgan fingerprint density at radius 2 is 1.00 bits per heavy atom. The zero-order chi connectivity index (χ0) is 17.6. The fraction of sp³-hybridized carbons (Fsp3) is 0. The number of hydrogen-bond donors (Lipinski definition) is 0. The molecule has 0 amide bonds. The maximum atomic E-state index is 5.60. The summed E-state index contributed by atoms with van der Waals surface area (Å²) < 4.78 is 0. The zero-order valence-corrected chi connectivity index (χ0v) is 17.7. The van der Waals surface area contributed by atoms with Crippen LogP contribution in [0.5, 0.6) is 0 Å². The Kier molecular flexibility index (Phi) is 12.1. The van der Waals surface area contributed by atoms with E-state index in [0.717, 1.165) is 25.5 Å². The van der Waals surface area contributed by atoms with Gasteiger partial charge >= 0.3 is 160 Å². The molecule has 0 fully saturated rings. The molecule has 0 saturated heterocycles. The van der Waals surface area contributed by atoms with Crippen LogP contribution >= 0.6 is 12.1 Å². The molecule has 22 heteroatoms. The summed E-state index contributed by atoms with van der Waals surface area (Å²) >= 11 is 5.60. The van der Waals surface area contributed by atoms with Crippen molar-refractivity contribution in [3.8, 4) is 0 Å². The average Bonchev–Trinajstić information content (AvgIpc) is 2.39. The molecule has 0 bridgehead atoms. The van der Waals surface area contributed by atoms with E-state index in [2.05, 4.69) is 83.4 Å². The fourth-order valence-corrected chi connectivity index (χ4v) is 5.41. The van der Waals surface area contributed by atoms with E-state index >= 15 is 0 Å². The molecule has 0 heterocycles. The molecule has 0 aromatic rings. The van der Waals surface area contributed by atoms with Gasteiger partial charge in [-0.2, -0.15) is 0 Å². The molecule has 0 aliphatic carbocycles. The Labute approximate surface area is 159 Å². The summed E-state index contributed by atoms with van der Waals surface area (Å²) in [6.45, 7) is 0. The van der Waals surface area contributed by atoms with Crippen molar-refractivity contribution in [2.75, 3.05) is 0 Å². The monoisotopic (exact) mass is 284 g/mol. The van der Waals surface area contributed by atoms with Gasteiger partial charge in [0.25, 0.3) is 0 Å². The topological polar surface area (TPSA) is 0 Å². The normalized spacial score (nSPS) is 8.91. The van der Waals surface area contributed by atoms with E-state index in [0.29, 0.717) is 31.9 Å². The van der Waals surface area contributed by atoms with E-state index in [9.17, 15) is 0 Å². The molecule has 22 heavy (non-hydrogen) atoms. The summed E-state index contributed by atoms with van der Waals surface area (Å²) in [5.41, 5.74) is 0. The number of rotatable bonds is 10. The van der Waals surface area contributed by atoms with Crippen LogP contribution in [0.15, 0.2) is 0 Å². The van der Waals surface area contributed by atoms with E-state index in [1.165, 1.54) is 7.06 Å². The molecule has 0 aromatic heterocycles. The molecular weight excluding hydrogens is 259 g/mol. The quantitative estimate of drug-likeness (QED) is 0.358. The van der Waals surface area contributed by atoms with Gasteiger partial charge in [0.05, 0.1) is 0 Å². The first-order valence-corrected chi connectivity index (χ1v) is 10.0. The van der Waals surface area contributed by atoms with E-state index in [1.54, 1.807) is 0 Å². The second-order valence-electron chi connectivity index (χ2n) is 8.81. The molecule has 0 aliphatic rings. The summed E-state index contributed by atoms with van der Waals surface area (Å²) in [6.07, 6.45) is 6.26. The van der Waals surface area contributed by atoms with E-state index in [-0.39, 0.29) is 0 Å². The first kappa shape index (κ1) is 23.6. The second-order valence-corrected chi connectivity index (χ2v) is 9.08. The summed E-state index contributed by atoms with van der Waals surface area (Å²) in [5.74, 6) is 0. The number of hydrogen-bond acceptors (Lipinski definition) is 1. The van der Waals surface area contributed by atoms with Crippen LogP contribution in [0.3, 0.4) is 0 Å². The Hall–Kier alpha value is 1.58. The Morgan fingerprint density at radius 1 is 0.636 bits per heavy atom. The van der Waals surface area contributed by atoms with Gasteiger partial charge in [-0.3, -0.25) is 0 Å². The van der Waals surface area contributed by atoms with Crippen LogP contribution in [0.2, 0.25) is 0 Å². The van der Waals surface area contributed by atoms with Gasteiger partial charge < -0.3 is 0 Å². The molecular formula is H21B21S. The Bertz CT molecular complexity index is 287. The van der Waals surface area contributed by atoms with Crippen molar-refractivity contribution >= 4 is 160 Å². The molecule has 0 radical (unpaired) electrons. The summed E-state index contributed by atoms with van der Waals surface area (Å²) in [7, 11) is 25.2. The van der Waals surface area contributed by atoms with E-state index in [4.69, 9.17) is 12.1 Å². The van der Waals surface area contributed by atoms with Crippen LogP contribution in [0.4, 0.5) is 0 Å².